The van der Waals surface area contributed by atoms with Gasteiger partial charge in [-0.15, -0.1) is 12.4 Å². The van der Waals surface area contributed by atoms with Gasteiger partial charge in [-0.05, 0) is 6.07 Å². The van der Waals surface area contributed by atoms with Crippen molar-refractivity contribution in [3.05, 3.63) is 46.9 Å². The van der Waals surface area contributed by atoms with Crippen molar-refractivity contribution in [2.24, 2.45) is 5.90 Å². The minimum Gasteiger partial charge on any atom is -0.461 e. The third-order valence-corrected chi connectivity index (χ3v) is 2.42. The number of ether oxygens (including phenoxy) is 2. The monoisotopic (exact) mass is 263 g/mol. The second-order valence-electron chi connectivity index (χ2n) is 2.99. The third-order valence-electron chi connectivity index (χ3n) is 2.08. The average Bonchev–Trinajstić information content (AvgIpc) is 2.75. The molecular formula is C10H11Cl2NO3. The number of halogens is 2. The highest BCUT2D eigenvalue weighted by molar-refractivity contribution is 6.31. The molecule has 0 aromatic heterocycles. The van der Waals surface area contributed by atoms with Gasteiger partial charge < -0.3 is 9.47 Å². The summed E-state index contributed by atoms with van der Waals surface area (Å²) in [6, 6.07) is 7.27. The van der Waals surface area contributed by atoms with Crippen LogP contribution in [0, 0.1) is 0 Å². The largest absolute Gasteiger partial charge is 0.461 e. The van der Waals surface area contributed by atoms with Crippen LogP contribution in [0.2, 0.25) is 5.02 Å². The predicted octanol–water partition coefficient (Wildman–Crippen LogP) is 2.54. The lowest BCUT2D eigenvalue weighted by molar-refractivity contribution is 0.0126. The summed E-state index contributed by atoms with van der Waals surface area (Å²) < 4.78 is 10.1. The second kappa shape index (κ2) is 5.96. The maximum absolute atomic E-state index is 6.02. The van der Waals surface area contributed by atoms with Gasteiger partial charge in [0.2, 0.25) is 6.79 Å². The Morgan fingerprint density at radius 1 is 1.38 bits per heavy atom. The Kier molecular flexibility index (Phi) is 4.89. The summed E-state index contributed by atoms with van der Waals surface area (Å²) in [5.74, 6) is 5.74. The van der Waals surface area contributed by atoms with Gasteiger partial charge in [-0.2, -0.15) is 0 Å². The molecule has 1 aliphatic heterocycles. The maximum atomic E-state index is 6.02. The van der Waals surface area contributed by atoms with E-state index in [-0.39, 0.29) is 19.2 Å². The zero-order chi connectivity index (χ0) is 10.7. The molecule has 1 atom stereocenters. The summed E-state index contributed by atoms with van der Waals surface area (Å²) in [7, 11) is 0. The van der Waals surface area contributed by atoms with Crippen LogP contribution in [0.1, 0.15) is 11.7 Å². The van der Waals surface area contributed by atoms with Crippen molar-refractivity contribution >= 4 is 24.0 Å². The quantitative estimate of drug-likeness (QED) is 0.852. The molecule has 1 aliphatic rings. The van der Waals surface area contributed by atoms with E-state index in [4.69, 9.17) is 31.8 Å². The first kappa shape index (κ1) is 13.1. The normalized spacial score (nSPS) is 15.5. The molecule has 0 radical (unpaired) electrons. The fraction of sp³-hybridized carbons (Fsp3) is 0.200. The Morgan fingerprint density at radius 2 is 2.12 bits per heavy atom. The van der Waals surface area contributed by atoms with Crippen LogP contribution in [0.25, 0.3) is 0 Å². The number of nitrogens with two attached hydrogens (primary N) is 1. The number of rotatable bonds is 3. The first-order chi connectivity index (χ1) is 7.33. The lowest BCUT2D eigenvalue weighted by Gasteiger charge is -2.15. The highest BCUT2D eigenvalue weighted by atomic mass is 35.5. The molecule has 0 saturated heterocycles. The fourth-order valence-corrected chi connectivity index (χ4v) is 1.61. The summed E-state index contributed by atoms with van der Waals surface area (Å²) in [4.78, 5) is 4.84. The molecule has 2 rings (SSSR count). The van der Waals surface area contributed by atoms with Crippen LogP contribution in [0.3, 0.4) is 0 Å². The molecule has 1 aromatic rings. The summed E-state index contributed by atoms with van der Waals surface area (Å²) in [6.45, 7) is 0.180. The topological polar surface area (TPSA) is 53.7 Å². The van der Waals surface area contributed by atoms with E-state index < -0.39 is 6.10 Å². The summed E-state index contributed by atoms with van der Waals surface area (Å²) >= 11 is 6.02. The van der Waals surface area contributed by atoms with Gasteiger partial charge >= 0.3 is 0 Å². The van der Waals surface area contributed by atoms with Crippen molar-refractivity contribution in [3.63, 3.8) is 0 Å². The van der Waals surface area contributed by atoms with Gasteiger partial charge in [-0.3, -0.25) is 4.84 Å². The second-order valence-corrected chi connectivity index (χ2v) is 3.39. The van der Waals surface area contributed by atoms with E-state index in [0.29, 0.717) is 10.8 Å². The zero-order valence-electron chi connectivity index (χ0n) is 8.26. The van der Waals surface area contributed by atoms with E-state index in [0.717, 1.165) is 5.56 Å². The molecule has 1 aromatic carbocycles. The molecule has 0 spiro atoms. The van der Waals surface area contributed by atoms with Gasteiger partial charge in [0, 0.05) is 10.6 Å². The van der Waals surface area contributed by atoms with Gasteiger partial charge in [0.25, 0.3) is 0 Å². The fourth-order valence-electron chi connectivity index (χ4n) is 1.37. The molecule has 16 heavy (non-hydrogen) atoms. The Bertz CT molecular complexity index is 384. The number of hydrogen-bond donors (Lipinski definition) is 1. The molecule has 1 heterocycles. The Labute approximate surface area is 104 Å². The molecule has 0 saturated carbocycles. The smallest absolute Gasteiger partial charge is 0.230 e. The van der Waals surface area contributed by atoms with E-state index in [1.165, 1.54) is 6.26 Å². The van der Waals surface area contributed by atoms with Crippen LogP contribution in [0.15, 0.2) is 36.3 Å². The highest BCUT2D eigenvalue weighted by Gasteiger charge is 2.24. The van der Waals surface area contributed by atoms with Crippen molar-refractivity contribution in [2.45, 2.75) is 6.10 Å². The van der Waals surface area contributed by atoms with E-state index in [2.05, 4.69) is 0 Å². The standard InChI is InChI=1S/C10H10ClNO3.ClH/c11-8-4-2-1-3-7(8)10(15-12)9-5-13-6-14-9;/h1-5,10H,6,12H2;1H. The minimum atomic E-state index is -0.527. The lowest BCUT2D eigenvalue weighted by Crippen LogP contribution is -2.12. The summed E-state index contributed by atoms with van der Waals surface area (Å²) in [6.07, 6.45) is 0.946. The van der Waals surface area contributed by atoms with Gasteiger partial charge in [0.05, 0.1) is 0 Å². The molecule has 0 bridgehead atoms. The first-order valence-corrected chi connectivity index (χ1v) is 4.75. The molecule has 0 aliphatic carbocycles. The maximum Gasteiger partial charge on any atom is 0.230 e. The Balaban J connectivity index is 0.00000128. The van der Waals surface area contributed by atoms with Crippen LogP contribution < -0.4 is 5.90 Å². The average molecular weight is 264 g/mol. The van der Waals surface area contributed by atoms with Gasteiger partial charge in [0.1, 0.15) is 6.26 Å². The van der Waals surface area contributed by atoms with E-state index >= 15 is 0 Å². The molecule has 0 amide bonds. The van der Waals surface area contributed by atoms with Crippen molar-refractivity contribution in [1.29, 1.82) is 0 Å². The van der Waals surface area contributed by atoms with Crippen molar-refractivity contribution in [1.82, 2.24) is 0 Å². The van der Waals surface area contributed by atoms with Crippen LogP contribution in [0.5, 0.6) is 0 Å². The predicted molar refractivity (Wildman–Crippen MR) is 61.8 cm³/mol. The van der Waals surface area contributed by atoms with Crippen molar-refractivity contribution < 1.29 is 14.3 Å². The summed E-state index contributed by atoms with van der Waals surface area (Å²) in [5, 5.41) is 0.573. The molecule has 2 N–H and O–H groups in total. The molecule has 0 fully saturated rings. The van der Waals surface area contributed by atoms with Gasteiger partial charge in [-0.1, -0.05) is 29.8 Å². The summed E-state index contributed by atoms with van der Waals surface area (Å²) in [5.41, 5.74) is 0.749. The van der Waals surface area contributed by atoms with Crippen LogP contribution in [-0.2, 0) is 14.3 Å². The van der Waals surface area contributed by atoms with Gasteiger partial charge in [-0.25, -0.2) is 5.90 Å². The molecule has 4 nitrogen and oxygen atoms in total. The van der Waals surface area contributed by atoms with Crippen molar-refractivity contribution in [3.8, 4) is 0 Å². The molecule has 6 heteroatoms. The Hall–Kier alpha value is -0.940. The third kappa shape index (κ3) is 2.59. The van der Waals surface area contributed by atoms with Crippen molar-refractivity contribution in [2.75, 3.05) is 6.79 Å². The zero-order valence-corrected chi connectivity index (χ0v) is 9.83. The van der Waals surface area contributed by atoms with E-state index in [1.807, 2.05) is 18.2 Å². The number of hydrogen-bond acceptors (Lipinski definition) is 4. The lowest BCUT2D eigenvalue weighted by atomic mass is 10.1. The van der Waals surface area contributed by atoms with Gasteiger partial charge in [0.15, 0.2) is 11.9 Å². The molecule has 1 unspecified atom stereocenters. The number of benzene rings is 1. The van der Waals surface area contributed by atoms with E-state index in [1.54, 1.807) is 6.07 Å². The molecular weight excluding hydrogens is 253 g/mol. The van der Waals surface area contributed by atoms with Crippen LogP contribution in [0.4, 0.5) is 0 Å². The Morgan fingerprint density at radius 3 is 2.69 bits per heavy atom. The SMILES string of the molecule is Cl.NOC(C1=COCO1)c1ccccc1Cl. The minimum absolute atomic E-state index is 0. The first-order valence-electron chi connectivity index (χ1n) is 4.37. The van der Waals surface area contributed by atoms with E-state index in [9.17, 15) is 0 Å². The highest BCUT2D eigenvalue weighted by Crippen LogP contribution is 2.32. The van der Waals surface area contributed by atoms with Crippen LogP contribution >= 0.6 is 24.0 Å². The molecule has 88 valence electrons. The van der Waals surface area contributed by atoms with Crippen LogP contribution in [-0.4, -0.2) is 6.79 Å².